The van der Waals surface area contributed by atoms with E-state index in [2.05, 4.69) is 15.0 Å². The van der Waals surface area contributed by atoms with Crippen molar-refractivity contribution in [2.24, 2.45) is 0 Å². The van der Waals surface area contributed by atoms with Crippen molar-refractivity contribution in [2.45, 2.75) is 11.4 Å². The first-order valence-corrected chi connectivity index (χ1v) is 12.2. The molecule has 0 saturated heterocycles. The van der Waals surface area contributed by atoms with Gasteiger partial charge in [0, 0.05) is 45.8 Å². The minimum atomic E-state index is -4.68. The van der Waals surface area contributed by atoms with Crippen LogP contribution in [0.5, 0.6) is 0 Å². The van der Waals surface area contributed by atoms with Crippen LogP contribution in [0.4, 0.5) is 18.9 Å². The number of halogens is 3. The summed E-state index contributed by atoms with van der Waals surface area (Å²) < 4.78 is 68.3. The number of hydrogen-bond donors (Lipinski definition) is 2. The highest BCUT2D eigenvalue weighted by Crippen LogP contribution is 2.36. The summed E-state index contributed by atoms with van der Waals surface area (Å²) in [7, 11) is -4.68. The second-order valence-electron chi connectivity index (χ2n) is 7.48. The predicted molar refractivity (Wildman–Crippen MR) is 121 cm³/mol. The van der Waals surface area contributed by atoms with E-state index in [0.717, 1.165) is 20.9 Å². The molecule has 0 saturated carbocycles. The lowest BCUT2D eigenvalue weighted by molar-refractivity contribution is 0.0965. The van der Waals surface area contributed by atoms with Crippen molar-refractivity contribution in [3.8, 4) is 20.9 Å². The van der Waals surface area contributed by atoms with Gasteiger partial charge in [-0.25, -0.2) is 21.6 Å². The smallest absolute Gasteiger partial charge is 0.267 e. The molecule has 0 spiro atoms. The highest BCUT2D eigenvalue weighted by Gasteiger charge is 2.26. The second-order valence-corrected chi connectivity index (χ2v) is 10.2. The summed E-state index contributed by atoms with van der Waals surface area (Å²) in [6.07, 6.45) is 2.72. The first kappa shape index (κ1) is 22.1. The van der Waals surface area contributed by atoms with E-state index in [-0.39, 0.29) is 11.6 Å². The molecule has 0 aliphatic carbocycles. The van der Waals surface area contributed by atoms with Gasteiger partial charge in [0.1, 0.15) is 17.5 Å². The number of nitrogens with zero attached hydrogens (tertiary/aromatic N) is 1. The Morgan fingerprint density at radius 3 is 2.35 bits per heavy atom. The maximum Gasteiger partial charge on any atom is 0.267 e. The number of fused-ring (bicyclic) bond motifs is 1. The quantitative estimate of drug-likeness (QED) is 0.406. The number of sulfonamides is 1. The van der Waals surface area contributed by atoms with Crippen molar-refractivity contribution in [2.75, 3.05) is 4.72 Å². The Morgan fingerprint density at radius 1 is 0.912 bits per heavy atom. The molecule has 2 aromatic carbocycles. The molecule has 0 fully saturated rings. The van der Waals surface area contributed by atoms with Gasteiger partial charge in [-0.15, -0.1) is 11.3 Å². The molecule has 2 N–H and O–H groups in total. The van der Waals surface area contributed by atoms with Crippen LogP contribution in [0, 0.1) is 17.5 Å². The number of rotatable bonds is 5. The fourth-order valence-electron chi connectivity index (χ4n) is 3.66. The molecular weight excluding hydrogens is 487 g/mol. The maximum absolute atomic E-state index is 14.0. The summed E-state index contributed by atoms with van der Waals surface area (Å²) in [6.45, 7) is 0.474. The third-order valence-corrected chi connectivity index (χ3v) is 7.80. The molecule has 6 nitrogen and oxygen atoms in total. The van der Waals surface area contributed by atoms with Crippen LogP contribution in [0.3, 0.4) is 0 Å². The van der Waals surface area contributed by atoms with Gasteiger partial charge < -0.3 is 5.32 Å². The van der Waals surface area contributed by atoms with Gasteiger partial charge in [-0.2, -0.15) is 0 Å². The van der Waals surface area contributed by atoms with Crippen LogP contribution < -0.4 is 10.0 Å². The number of carbonyl (C=O) groups is 1. The third kappa shape index (κ3) is 4.03. The van der Waals surface area contributed by atoms with Gasteiger partial charge in [-0.1, -0.05) is 6.07 Å². The minimum Gasteiger partial charge on any atom is -0.348 e. The van der Waals surface area contributed by atoms with Crippen LogP contribution in [0.1, 0.15) is 15.9 Å². The van der Waals surface area contributed by atoms with E-state index in [1.807, 2.05) is 24.3 Å². The van der Waals surface area contributed by atoms with Gasteiger partial charge in [-0.3, -0.25) is 14.5 Å². The standard InChI is InChI=1S/C23H14F3N3O3S2/c24-15-7-18(25)22(19(26)8-15)34(31,32)29-16-6-14(9-27-11-16)21-4-3-20(33-21)12-1-2-17-13(5-12)10-28-23(17)30/h1-9,11,29H,10H2,(H,28,30). The van der Waals surface area contributed by atoms with E-state index in [0.29, 0.717) is 29.8 Å². The molecule has 5 rings (SSSR count). The number of hydrogen-bond acceptors (Lipinski definition) is 5. The number of pyridine rings is 1. The Kier molecular flexibility index (Phi) is 5.37. The zero-order valence-electron chi connectivity index (χ0n) is 17.1. The Balaban J connectivity index is 1.43. The predicted octanol–water partition coefficient (Wildman–Crippen LogP) is 4.94. The molecule has 0 unspecified atom stereocenters. The summed E-state index contributed by atoms with van der Waals surface area (Å²) >= 11 is 1.43. The summed E-state index contributed by atoms with van der Waals surface area (Å²) in [4.78, 5) is 16.2. The van der Waals surface area contributed by atoms with E-state index in [1.165, 1.54) is 29.8 Å². The average Bonchev–Trinajstić information content (AvgIpc) is 3.40. The molecule has 172 valence electrons. The van der Waals surface area contributed by atoms with Crippen LogP contribution in [-0.2, 0) is 16.6 Å². The highest BCUT2D eigenvalue weighted by atomic mass is 32.2. The van der Waals surface area contributed by atoms with E-state index in [1.54, 1.807) is 6.07 Å². The van der Waals surface area contributed by atoms with Gasteiger partial charge in [0.05, 0.1) is 11.9 Å². The molecule has 4 aromatic rings. The summed E-state index contributed by atoms with van der Waals surface area (Å²) in [5, 5.41) is 2.78. The molecule has 34 heavy (non-hydrogen) atoms. The van der Waals surface area contributed by atoms with E-state index < -0.39 is 32.4 Å². The maximum atomic E-state index is 14.0. The molecule has 3 heterocycles. The number of amides is 1. The SMILES string of the molecule is O=C1NCc2cc(-c3ccc(-c4cncc(NS(=O)(=O)c5c(F)cc(F)cc5F)c4)s3)ccc21. The molecule has 1 amide bonds. The fraction of sp³-hybridized carbons (Fsp3) is 0.0435. The summed E-state index contributed by atoms with van der Waals surface area (Å²) in [5.41, 5.74) is 3.06. The van der Waals surface area contributed by atoms with Crippen molar-refractivity contribution in [1.29, 1.82) is 0 Å². The number of anilines is 1. The Bertz CT molecular complexity index is 1550. The lowest BCUT2D eigenvalue weighted by atomic mass is 10.1. The topological polar surface area (TPSA) is 88.2 Å². The molecule has 0 radical (unpaired) electrons. The molecule has 0 bridgehead atoms. The van der Waals surface area contributed by atoms with Crippen LogP contribution in [-0.4, -0.2) is 19.3 Å². The first-order valence-electron chi connectivity index (χ1n) is 9.85. The molecule has 1 aliphatic rings. The van der Waals surface area contributed by atoms with Gasteiger partial charge in [0.25, 0.3) is 15.9 Å². The van der Waals surface area contributed by atoms with Gasteiger partial charge in [-0.05, 0) is 41.5 Å². The Morgan fingerprint density at radius 2 is 1.62 bits per heavy atom. The van der Waals surface area contributed by atoms with Crippen molar-refractivity contribution in [3.63, 3.8) is 0 Å². The van der Waals surface area contributed by atoms with Crippen molar-refractivity contribution in [3.05, 3.63) is 89.5 Å². The average molecular weight is 502 g/mol. The number of benzene rings is 2. The second kappa shape index (κ2) is 8.26. The van der Waals surface area contributed by atoms with Gasteiger partial charge in [0.2, 0.25) is 0 Å². The van der Waals surface area contributed by atoms with Crippen molar-refractivity contribution >= 4 is 33.0 Å². The zero-order chi connectivity index (χ0) is 24.0. The van der Waals surface area contributed by atoms with Crippen molar-refractivity contribution in [1.82, 2.24) is 10.3 Å². The van der Waals surface area contributed by atoms with Gasteiger partial charge in [0.15, 0.2) is 4.90 Å². The van der Waals surface area contributed by atoms with Crippen LogP contribution in [0.25, 0.3) is 20.9 Å². The molecule has 2 aromatic heterocycles. The summed E-state index contributed by atoms with van der Waals surface area (Å²) in [6, 6.07) is 11.4. The number of aromatic nitrogens is 1. The van der Waals surface area contributed by atoms with Gasteiger partial charge >= 0.3 is 0 Å². The highest BCUT2D eigenvalue weighted by molar-refractivity contribution is 7.92. The minimum absolute atomic E-state index is 0.0160. The fourth-order valence-corrected chi connectivity index (χ4v) is 5.79. The zero-order valence-corrected chi connectivity index (χ0v) is 18.7. The monoisotopic (exact) mass is 501 g/mol. The molecule has 1 aliphatic heterocycles. The normalized spacial score (nSPS) is 13.0. The van der Waals surface area contributed by atoms with E-state index >= 15 is 0 Å². The first-order chi connectivity index (χ1) is 16.2. The Hall–Kier alpha value is -3.70. The van der Waals surface area contributed by atoms with E-state index in [9.17, 15) is 26.4 Å². The number of carbonyl (C=O) groups excluding carboxylic acids is 1. The lowest BCUT2D eigenvalue weighted by Crippen LogP contribution is -2.17. The molecule has 11 heteroatoms. The van der Waals surface area contributed by atoms with Crippen molar-refractivity contribution < 1.29 is 26.4 Å². The van der Waals surface area contributed by atoms with Crippen LogP contribution >= 0.6 is 11.3 Å². The lowest BCUT2D eigenvalue weighted by Gasteiger charge is -2.10. The Labute approximate surface area is 196 Å². The van der Waals surface area contributed by atoms with Crippen LogP contribution in [0.15, 0.2) is 65.8 Å². The third-order valence-electron chi connectivity index (χ3n) is 5.19. The molecule has 0 atom stereocenters. The molecular formula is C23H14F3N3O3S2. The van der Waals surface area contributed by atoms with E-state index in [4.69, 9.17) is 0 Å². The number of thiophene rings is 1. The largest absolute Gasteiger partial charge is 0.348 e. The number of nitrogens with one attached hydrogen (secondary N) is 2. The van der Waals surface area contributed by atoms with Crippen LogP contribution in [0.2, 0.25) is 0 Å². The summed E-state index contributed by atoms with van der Waals surface area (Å²) in [5.74, 6) is -4.40.